The fraction of sp³-hybridized carbons (Fsp3) is 0.538. The highest BCUT2D eigenvalue weighted by Crippen LogP contribution is 2.35. The van der Waals surface area contributed by atoms with Crippen LogP contribution < -0.4 is 10.6 Å². The van der Waals surface area contributed by atoms with Gasteiger partial charge in [-0.3, -0.25) is 0 Å². The molecule has 3 atom stereocenters. The van der Waals surface area contributed by atoms with E-state index in [4.69, 9.17) is 4.74 Å². The van der Waals surface area contributed by atoms with E-state index in [0.29, 0.717) is 23.9 Å². The average molecular weight is 287 g/mol. The SMILES string of the molecule is CNc1nc(NC2CC3CCC2O3)nc(-n2cccn2)n1. The van der Waals surface area contributed by atoms with Crippen LogP contribution in [0.15, 0.2) is 18.5 Å². The van der Waals surface area contributed by atoms with Crippen molar-refractivity contribution < 1.29 is 4.74 Å². The van der Waals surface area contributed by atoms with Gasteiger partial charge in [0.1, 0.15) is 0 Å². The third-order valence-electron chi connectivity index (χ3n) is 3.98. The molecule has 8 nitrogen and oxygen atoms in total. The molecule has 0 aromatic carbocycles. The first-order chi connectivity index (χ1) is 10.3. The van der Waals surface area contributed by atoms with Crippen molar-refractivity contribution in [3.05, 3.63) is 18.5 Å². The molecule has 0 aliphatic carbocycles. The van der Waals surface area contributed by atoms with Gasteiger partial charge in [-0.25, -0.2) is 4.68 Å². The van der Waals surface area contributed by atoms with E-state index in [2.05, 4.69) is 30.7 Å². The fourth-order valence-corrected chi connectivity index (χ4v) is 2.99. The maximum atomic E-state index is 5.85. The van der Waals surface area contributed by atoms with Gasteiger partial charge in [0, 0.05) is 19.4 Å². The minimum absolute atomic E-state index is 0.276. The molecule has 110 valence electrons. The Bertz CT molecular complexity index is 629. The fourth-order valence-electron chi connectivity index (χ4n) is 2.99. The Morgan fingerprint density at radius 2 is 2.14 bits per heavy atom. The molecule has 0 radical (unpaired) electrons. The average Bonchev–Trinajstić information content (AvgIpc) is 3.24. The monoisotopic (exact) mass is 287 g/mol. The van der Waals surface area contributed by atoms with E-state index >= 15 is 0 Å². The molecule has 0 saturated carbocycles. The van der Waals surface area contributed by atoms with Crippen LogP contribution in [0.5, 0.6) is 0 Å². The molecule has 2 aliphatic heterocycles. The number of hydrogen-bond acceptors (Lipinski definition) is 7. The van der Waals surface area contributed by atoms with Gasteiger partial charge in [0.15, 0.2) is 0 Å². The van der Waals surface area contributed by atoms with Crippen LogP contribution in [0, 0.1) is 0 Å². The summed E-state index contributed by atoms with van der Waals surface area (Å²) in [5, 5.41) is 10.5. The minimum Gasteiger partial charge on any atom is -0.373 e. The van der Waals surface area contributed by atoms with Crippen molar-refractivity contribution in [1.29, 1.82) is 0 Å². The Morgan fingerprint density at radius 1 is 1.24 bits per heavy atom. The van der Waals surface area contributed by atoms with Crippen LogP contribution in [-0.4, -0.2) is 50.0 Å². The molecular formula is C13H17N7O. The summed E-state index contributed by atoms with van der Waals surface area (Å²) in [6, 6.07) is 2.11. The van der Waals surface area contributed by atoms with Gasteiger partial charge in [-0.05, 0) is 25.3 Å². The first-order valence-electron chi connectivity index (χ1n) is 7.17. The predicted octanol–water partition coefficient (Wildman–Crippen LogP) is 0.831. The zero-order valence-corrected chi connectivity index (χ0v) is 11.7. The molecule has 21 heavy (non-hydrogen) atoms. The highest BCUT2D eigenvalue weighted by Gasteiger charge is 2.41. The standard InChI is InChI=1S/C13H17N7O/c1-14-11-17-12(16-9-7-8-3-4-10(9)21-8)19-13(18-11)20-6-2-5-15-20/h2,5-6,8-10H,3-4,7H2,1H3,(H2,14,16,17,18,19). The first-order valence-corrected chi connectivity index (χ1v) is 7.17. The topological polar surface area (TPSA) is 89.8 Å². The van der Waals surface area contributed by atoms with Crippen molar-refractivity contribution >= 4 is 11.9 Å². The Morgan fingerprint density at radius 3 is 2.81 bits per heavy atom. The number of nitrogens with zero attached hydrogens (tertiary/aromatic N) is 5. The Balaban J connectivity index is 1.61. The summed E-state index contributed by atoms with van der Waals surface area (Å²) < 4.78 is 7.47. The van der Waals surface area contributed by atoms with E-state index in [1.54, 1.807) is 24.1 Å². The summed E-state index contributed by atoms with van der Waals surface area (Å²) in [4.78, 5) is 13.1. The van der Waals surface area contributed by atoms with Crippen molar-refractivity contribution in [3.63, 3.8) is 0 Å². The molecule has 2 bridgehead atoms. The van der Waals surface area contributed by atoms with Gasteiger partial charge in [0.05, 0.1) is 18.2 Å². The molecule has 4 rings (SSSR count). The smallest absolute Gasteiger partial charge is 0.257 e. The number of hydrogen-bond donors (Lipinski definition) is 2. The summed E-state index contributed by atoms with van der Waals surface area (Å²) in [5.41, 5.74) is 0. The third-order valence-corrected chi connectivity index (χ3v) is 3.98. The van der Waals surface area contributed by atoms with E-state index in [9.17, 15) is 0 Å². The van der Waals surface area contributed by atoms with Crippen molar-refractivity contribution in [2.75, 3.05) is 17.7 Å². The zero-order valence-electron chi connectivity index (χ0n) is 11.7. The summed E-state index contributed by atoms with van der Waals surface area (Å²) in [5.74, 6) is 1.56. The van der Waals surface area contributed by atoms with Crippen LogP contribution in [0.3, 0.4) is 0 Å². The van der Waals surface area contributed by atoms with Crippen LogP contribution >= 0.6 is 0 Å². The lowest BCUT2D eigenvalue weighted by molar-refractivity contribution is 0.102. The molecule has 2 saturated heterocycles. The van der Waals surface area contributed by atoms with Gasteiger partial charge in [-0.15, -0.1) is 0 Å². The van der Waals surface area contributed by atoms with Crippen molar-refractivity contribution in [2.45, 2.75) is 37.5 Å². The normalized spacial score (nSPS) is 27.0. The number of aromatic nitrogens is 5. The van der Waals surface area contributed by atoms with Crippen LogP contribution in [0.25, 0.3) is 5.95 Å². The lowest BCUT2D eigenvalue weighted by Crippen LogP contribution is -2.31. The molecule has 2 aromatic rings. The molecule has 0 spiro atoms. The molecule has 2 aromatic heterocycles. The van der Waals surface area contributed by atoms with Gasteiger partial charge in [-0.2, -0.15) is 20.1 Å². The quantitative estimate of drug-likeness (QED) is 0.860. The number of nitrogens with one attached hydrogen (secondary N) is 2. The second-order valence-electron chi connectivity index (χ2n) is 5.34. The number of fused-ring (bicyclic) bond motifs is 2. The van der Waals surface area contributed by atoms with E-state index in [-0.39, 0.29) is 12.1 Å². The molecular weight excluding hydrogens is 270 g/mol. The zero-order chi connectivity index (χ0) is 14.2. The van der Waals surface area contributed by atoms with Crippen LogP contribution in [0.1, 0.15) is 19.3 Å². The summed E-state index contributed by atoms with van der Waals surface area (Å²) in [6.07, 6.45) is 7.46. The summed E-state index contributed by atoms with van der Waals surface area (Å²) >= 11 is 0. The molecule has 3 unspecified atom stereocenters. The van der Waals surface area contributed by atoms with E-state index in [1.165, 1.54) is 6.42 Å². The van der Waals surface area contributed by atoms with Crippen molar-refractivity contribution in [1.82, 2.24) is 24.7 Å². The summed E-state index contributed by atoms with van der Waals surface area (Å²) in [7, 11) is 1.78. The largest absolute Gasteiger partial charge is 0.373 e. The molecule has 8 heteroatoms. The van der Waals surface area contributed by atoms with E-state index in [1.807, 2.05) is 6.07 Å². The second kappa shape index (κ2) is 4.96. The second-order valence-corrected chi connectivity index (χ2v) is 5.34. The highest BCUT2D eigenvalue weighted by molar-refractivity contribution is 5.38. The predicted molar refractivity (Wildman–Crippen MR) is 76.4 cm³/mol. The van der Waals surface area contributed by atoms with Crippen LogP contribution in [-0.2, 0) is 4.74 Å². The van der Waals surface area contributed by atoms with Gasteiger partial charge in [0.25, 0.3) is 5.95 Å². The molecule has 4 heterocycles. The lowest BCUT2D eigenvalue weighted by atomic mass is 9.96. The van der Waals surface area contributed by atoms with Gasteiger partial charge >= 0.3 is 0 Å². The highest BCUT2D eigenvalue weighted by atomic mass is 16.5. The molecule has 2 aliphatic rings. The number of anilines is 2. The summed E-state index contributed by atoms with van der Waals surface area (Å²) in [6.45, 7) is 0. The first kappa shape index (κ1) is 12.5. The lowest BCUT2D eigenvalue weighted by Gasteiger charge is -2.20. The van der Waals surface area contributed by atoms with Crippen molar-refractivity contribution in [3.8, 4) is 5.95 Å². The van der Waals surface area contributed by atoms with Gasteiger partial charge in [-0.1, -0.05) is 0 Å². The number of ether oxygens (including phenoxy) is 1. The Labute approximate surface area is 122 Å². The van der Waals surface area contributed by atoms with E-state index in [0.717, 1.165) is 12.8 Å². The van der Waals surface area contributed by atoms with Crippen LogP contribution in [0.4, 0.5) is 11.9 Å². The van der Waals surface area contributed by atoms with Crippen LogP contribution in [0.2, 0.25) is 0 Å². The van der Waals surface area contributed by atoms with E-state index < -0.39 is 0 Å². The third kappa shape index (κ3) is 2.31. The number of rotatable bonds is 4. The molecule has 2 N–H and O–H groups in total. The Kier molecular flexibility index (Phi) is 2.95. The maximum Gasteiger partial charge on any atom is 0.257 e. The maximum absolute atomic E-state index is 5.85. The van der Waals surface area contributed by atoms with Gasteiger partial charge < -0.3 is 15.4 Å². The Hall–Kier alpha value is -2.22. The van der Waals surface area contributed by atoms with Gasteiger partial charge in [0.2, 0.25) is 11.9 Å². The molecule has 2 fully saturated rings. The molecule has 0 amide bonds. The minimum atomic E-state index is 0.276. The van der Waals surface area contributed by atoms with Crippen molar-refractivity contribution in [2.24, 2.45) is 0 Å².